The van der Waals surface area contributed by atoms with Crippen LogP contribution in [0.15, 0.2) is 12.3 Å². The predicted molar refractivity (Wildman–Crippen MR) is 48.9 cm³/mol. The van der Waals surface area contributed by atoms with Gasteiger partial charge in [-0.15, -0.1) is 0 Å². The Morgan fingerprint density at radius 2 is 2.25 bits per heavy atom. The SMILES string of the molecule is CCC/C=C/N(C)C(C)C(=O)O. The molecule has 1 atom stereocenters. The van der Waals surface area contributed by atoms with Crippen LogP contribution in [0.4, 0.5) is 0 Å². The maximum Gasteiger partial charge on any atom is 0.326 e. The number of unbranched alkanes of at least 4 members (excludes halogenated alkanes) is 1. The lowest BCUT2D eigenvalue weighted by Gasteiger charge is -2.18. The summed E-state index contributed by atoms with van der Waals surface area (Å²) < 4.78 is 0. The largest absolute Gasteiger partial charge is 0.480 e. The van der Waals surface area contributed by atoms with Crippen molar-refractivity contribution in [2.24, 2.45) is 0 Å². The van der Waals surface area contributed by atoms with E-state index < -0.39 is 12.0 Å². The zero-order valence-electron chi connectivity index (χ0n) is 7.95. The van der Waals surface area contributed by atoms with E-state index in [2.05, 4.69) is 6.92 Å². The van der Waals surface area contributed by atoms with Crippen LogP contribution in [-0.4, -0.2) is 29.1 Å². The Labute approximate surface area is 73.7 Å². The Balaban J connectivity index is 3.85. The molecule has 0 aromatic heterocycles. The molecular weight excluding hydrogens is 154 g/mol. The van der Waals surface area contributed by atoms with E-state index in [1.807, 2.05) is 12.3 Å². The Hall–Kier alpha value is -0.990. The Morgan fingerprint density at radius 3 is 2.67 bits per heavy atom. The van der Waals surface area contributed by atoms with Crippen molar-refractivity contribution in [1.82, 2.24) is 4.90 Å². The minimum atomic E-state index is -0.793. The van der Waals surface area contributed by atoms with E-state index in [9.17, 15) is 4.79 Å². The van der Waals surface area contributed by atoms with Gasteiger partial charge in [0, 0.05) is 7.05 Å². The number of hydrogen-bond acceptors (Lipinski definition) is 2. The summed E-state index contributed by atoms with van der Waals surface area (Å²) in [5.74, 6) is -0.793. The number of nitrogens with zero attached hydrogens (tertiary/aromatic N) is 1. The molecule has 0 aromatic rings. The number of carbonyl (C=O) groups is 1. The van der Waals surface area contributed by atoms with Crippen molar-refractivity contribution >= 4 is 5.97 Å². The molecule has 0 heterocycles. The first-order valence-corrected chi connectivity index (χ1v) is 4.21. The van der Waals surface area contributed by atoms with E-state index in [1.165, 1.54) is 0 Å². The van der Waals surface area contributed by atoms with Gasteiger partial charge in [0.25, 0.3) is 0 Å². The van der Waals surface area contributed by atoms with Crippen molar-refractivity contribution in [3.63, 3.8) is 0 Å². The normalized spacial score (nSPS) is 13.2. The highest BCUT2D eigenvalue weighted by Crippen LogP contribution is 1.98. The lowest BCUT2D eigenvalue weighted by Crippen LogP contribution is -2.31. The second kappa shape index (κ2) is 5.63. The second-order valence-corrected chi connectivity index (χ2v) is 2.85. The maximum atomic E-state index is 10.5. The lowest BCUT2D eigenvalue weighted by molar-refractivity contribution is -0.141. The van der Waals surface area contributed by atoms with Crippen LogP contribution in [0.2, 0.25) is 0 Å². The van der Waals surface area contributed by atoms with E-state index in [0.717, 1.165) is 12.8 Å². The van der Waals surface area contributed by atoms with Gasteiger partial charge in [-0.25, -0.2) is 4.79 Å². The van der Waals surface area contributed by atoms with Crippen LogP contribution in [0.25, 0.3) is 0 Å². The molecule has 0 saturated heterocycles. The van der Waals surface area contributed by atoms with Gasteiger partial charge in [-0.05, 0) is 19.5 Å². The highest BCUT2D eigenvalue weighted by Gasteiger charge is 2.12. The van der Waals surface area contributed by atoms with Crippen molar-refractivity contribution < 1.29 is 9.90 Å². The molecule has 1 unspecified atom stereocenters. The van der Waals surface area contributed by atoms with Crippen molar-refractivity contribution in [3.8, 4) is 0 Å². The Kier molecular flexibility index (Phi) is 5.17. The van der Waals surface area contributed by atoms with Gasteiger partial charge < -0.3 is 10.0 Å². The van der Waals surface area contributed by atoms with E-state index >= 15 is 0 Å². The fraction of sp³-hybridized carbons (Fsp3) is 0.667. The Bertz CT molecular complexity index is 166. The zero-order chi connectivity index (χ0) is 9.56. The summed E-state index contributed by atoms with van der Waals surface area (Å²) in [6.45, 7) is 3.75. The first-order chi connectivity index (χ1) is 5.59. The highest BCUT2D eigenvalue weighted by molar-refractivity contribution is 5.72. The molecule has 70 valence electrons. The number of aliphatic carboxylic acids is 1. The summed E-state index contributed by atoms with van der Waals surface area (Å²) >= 11 is 0. The quantitative estimate of drug-likeness (QED) is 0.684. The van der Waals surface area contributed by atoms with Crippen molar-refractivity contribution in [1.29, 1.82) is 0 Å². The molecule has 1 N–H and O–H groups in total. The number of rotatable bonds is 5. The molecule has 0 spiro atoms. The number of hydrogen-bond donors (Lipinski definition) is 1. The smallest absolute Gasteiger partial charge is 0.326 e. The summed E-state index contributed by atoms with van der Waals surface area (Å²) in [5.41, 5.74) is 0. The molecule has 0 aromatic carbocycles. The molecule has 0 bridgehead atoms. The highest BCUT2D eigenvalue weighted by atomic mass is 16.4. The lowest BCUT2D eigenvalue weighted by atomic mass is 10.3. The summed E-state index contributed by atoms with van der Waals surface area (Å²) in [6.07, 6.45) is 5.89. The van der Waals surface area contributed by atoms with Gasteiger partial charge in [0.05, 0.1) is 0 Å². The van der Waals surface area contributed by atoms with E-state index in [1.54, 1.807) is 18.9 Å². The molecule has 0 aliphatic heterocycles. The topological polar surface area (TPSA) is 40.5 Å². The first kappa shape index (κ1) is 11.0. The third kappa shape index (κ3) is 4.01. The molecule has 0 amide bonds. The van der Waals surface area contributed by atoms with Gasteiger partial charge in [-0.3, -0.25) is 0 Å². The van der Waals surface area contributed by atoms with Crippen LogP contribution < -0.4 is 0 Å². The van der Waals surface area contributed by atoms with Gasteiger partial charge in [0.1, 0.15) is 6.04 Å². The molecule has 0 saturated carbocycles. The molecule has 0 aliphatic carbocycles. The molecule has 0 radical (unpaired) electrons. The molecule has 3 nitrogen and oxygen atoms in total. The van der Waals surface area contributed by atoms with Crippen molar-refractivity contribution in [3.05, 3.63) is 12.3 Å². The van der Waals surface area contributed by atoms with Crippen LogP contribution >= 0.6 is 0 Å². The van der Waals surface area contributed by atoms with Crippen LogP contribution in [0.5, 0.6) is 0 Å². The van der Waals surface area contributed by atoms with Gasteiger partial charge >= 0.3 is 5.97 Å². The number of likely N-dealkylation sites (N-methyl/N-ethyl adjacent to an activating group) is 1. The average Bonchev–Trinajstić information content (AvgIpc) is 2.03. The molecule has 0 aliphatic rings. The fourth-order valence-corrected chi connectivity index (χ4v) is 0.711. The minimum Gasteiger partial charge on any atom is -0.480 e. The van der Waals surface area contributed by atoms with E-state index in [4.69, 9.17) is 5.11 Å². The first-order valence-electron chi connectivity index (χ1n) is 4.21. The molecule has 3 heteroatoms. The molecule has 12 heavy (non-hydrogen) atoms. The third-order valence-electron chi connectivity index (χ3n) is 1.76. The summed E-state index contributed by atoms with van der Waals surface area (Å²) in [6, 6.07) is -0.446. The van der Waals surface area contributed by atoms with Gasteiger partial charge in [-0.1, -0.05) is 19.4 Å². The zero-order valence-corrected chi connectivity index (χ0v) is 7.95. The minimum absolute atomic E-state index is 0.446. The average molecular weight is 171 g/mol. The van der Waals surface area contributed by atoms with Gasteiger partial charge in [-0.2, -0.15) is 0 Å². The van der Waals surface area contributed by atoms with E-state index in [0.29, 0.717) is 0 Å². The summed E-state index contributed by atoms with van der Waals surface area (Å²) in [5, 5.41) is 8.63. The van der Waals surface area contributed by atoms with Crippen molar-refractivity contribution in [2.75, 3.05) is 7.05 Å². The number of allylic oxidation sites excluding steroid dienone is 1. The van der Waals surface area contributed by atoms with Crippen LogP contribution in [0, 0.1) is 0 Å². The third-order valence-corrected chi connectivity index (χ3v) is 1.76. The van der Waals surface area contributed by atoms with Crippen molar-refractivity contribution in [2.45, 2.75) is 32.7 Å². The summed E-state index contributed by atoms with van der Waals surface area (Å²) in [4.78, 5) is 12.2. The number of carboxylic acid groups (broad SMARTS) is 1. The van der Waals surface area contributed by atoms with Gasteiger partial charge in [0.2, 0.25) is 0 Å². The number of carboxylic acids is 1. The predicted octanol–water partition coefficient (Wildman–Crippen LogP) is 1.71. The van der Waals surface area contributed by atoms with Gasteiger partial charge in [0.15, 0.2) is 0 Å². The maximum absolute atomic E-state index is 10.5. The Morgan fingerprint density at radius 1 is 1.67 bits per heavy atom. The molecule has 0 rings (SSSR count). The summed E-state index contributed by atoms with van der Waals surface area (Å²) in [7, 11) is 1.77. The molecule has 0 fully saturated rings. The fourth-order valence-electron chi connectivity index (χ4n) is 0.711. The van der Waals surface area contributed by atoms with Crippen LogP contribution in [0.3, 0.4) is 0 Å². The standard InChI is InChI=1S/C9H17NO2/c1-4-5-6-7-10(3)8(2)9(11)12/h6-8H,4-5H2,1-3H3,(H,11,12)/b7-6+. The second-order valence-electron chi connectivity index (χ2n) is 2.85. The monoisotopic (exact) mass is 171 g/mol. The molecular formula is C9H17NO2. The van der Waals surface area contributed by atoms with Crippen LogP contribution in [0.1, 0.15) is 26.7 Å². The van der Waals surface area contributed by atoms with Crippen LogP contribution in [-0.2, 0) is 4.79 Å². The van der Waals surface area contributed by atoms with E-state index in [-0.39, 0.29) is 0 Å².